The Bertz CT molecular complexity index is 878. The maximum Gasteiger partial charge on any atom is 0.325 e. The van der Waals surface area contributed by atoms with E-state index in [-0.39, 0.29) is 12.1 Å². The molecule has 1 aromatic carbocycles. The zero-order valence-corrected chi connectivity index (χ0v) is 14.8. The molecule has 9 heteroatoms. The van der Waals surface area contributed by atoms with Crippen LogP contribution in [0.2, 0.25) is 5.02 Å². The number of halogens is 1. The maximum atomic E-state index is 11.8. The molecule has 0 fully saturated rings. The van der Waals surface area contributed by atoms with Crippen LogP contribution in [-0.2, 0) is 20.7 Å². The van der Waals surface area contributed by atoms with Crippen LogP contribution in [0, 0.1) is 11.3 Å². The van der Waals surface area contributed by atoms with Crippen LogP contribution in [0.1, 0.15) is 16.1 Å². The number of anilines is 1. The third-order valence-electron chi connectivity index (χ3n) is 3.23. The third-order valence-corrected chi connectivity index (χ3v) is 3.47. The van der Waals surface area contributed by atoms with Crippen molar-refractivity contribution in [2.75, 3.05) is 18.5 Å². The summed E-state index contributed by atoms with van der Waals surface area (Å²) in [6.07, 6.45) is 1.65. The highest BCUT2D eigenvalue weighted by Crippen LogP contribution is 2.10. The molecule has 138 valence electrons. The normalized spacial score (nSPS) is 9.78. The molecular formula is C18H15ClN4O4. The van der Waals surface area contributed by atoms with Crippen molar-refractivity contribution in [3.8, 4) is 6.07 Å². The number of rotatable bonds is 7. The molecule has 8 nitrogen and oxygen atoms in total. The predicted molar refractivity (Wildman–Crippen MR) is 96.9 cm³/mol. The van der Waals surface area contributed by atoms with Crippen molar-refractivity contribution in [3.63, 3.8) is 0 Å². The van der Waals surface area contributed by atoms with E-state index in [1.165, 1.54) is 18.3 Å². The van der Waals surface area contributed by atoms with Crippen molar-refractivity contribution in [2.24, 2.45) is 0 Å². The lowest BCUT2D eigenvalue weighted by atomic mass is 10.1. The average molecular weight is 387 g/mol. The molecule has 0 bridgehead atoms. The Morgan fingerprint density at radius 2 is 1.93 bits per heavy atom. The zero-order valence-electron chi connectivity index (χ0n) is 14.1. The summed E-state index contributed by atoms with van der Waals surface area (Å²) in [5, 5.41) is 13.8. The number of carbonyl (C=O) groups is 3. The van der Waals surface area contributed by atoms with Gasteiger partial charge in [-0.2, -0.15) is 5.26 Å². The number of benzene rings is 1. The van der Waals surface area contributed by atoms with E-state index in [1.807, 2.05) is 6.07 Å². The number of nitrogens with one attached hydrogen (secondary N) is 2. The first-order chi connectivity index (χ1) is 13.0. The zero-order chi connectivity index (χ0) is 19.6. The Morgan fingerprint density at radius 1 is 1.19 bits per heavy atom. The highest BCUT2D eigenvalue weighted by molar-refractivity contribution is 6.30. The van der Waals surface area contributed by atoms with Gasteiger partial charge in [-0.05, 0) is 29.8 Å². The second-order valence-electron chi connectivity index (χ2n) is 5.28. The van der Waals surface area contributed by atoms with Crippen molar-refractivity contribution < 1.29 is 19.1 Å². The standard InChI is InChI=1S/C18H15ClN4O4/c19-13-6-8-21-15(9-13)18(26)22-10-17(25)27-11-16(24)23-14-3-1-12(2-4-14)5-7-20/h1-4,6,8-9H,5,10-11H2,(H,22,26)(H,23,24). The Balaban J connectivity index is 1.72. The monoisotopic (exact) mass is 386 g/mol. The molecule has 0 saturated heterocycles. The highest BCUT2D eigenvalue weighted by atomic mass is 35.5. The van der Waals surface area contributed by atoms with E-state index < -0.39 is 30.9 Å². The molecule has 27 heavy (non-hydrogen) atoms. The average Bonchev–Trinajstić information content (AvgIpc) is 2.66. The van der Waals surface area contributed by atoms with Crippen molar-refractivity contribution in [3.05, 3.63) is 58.9 Å². The molecular weight excluding hydrogens is 372 g/mol. The Labute approximate surface area is 160 Å². The van der Waals surface area contributed by atoms with Gasteiger partial charge in [0.15, 0.2) is 6.61 Å². The van der Waals surface area contributed by atoms with E-state index in [2.05, 4.69) is 15.6 Å². The highest BCUT2D eigenvalue weighted by Gasteiger charge is 2.12. The Morgan fingerprint density at radius 3 is 2.59 bits per heavy atom. The summed E-state index contributed by atoms with van der Waals surface area (Å²) in [5.74, 6) is -1.89. The molecule has 0 radical (unpaired) electrons. The Hall–Kier alpha value is -3.44. The van der Waals surface area contributed by atoms with Gasteiger partial charge < -0.3 is 15.4 Å². The fraction of sp³-hybridized carbons (Fsp3) is 0.167. The summed E-state index contributed by atoms with van der Waals surface area (Å²) in [4.78, 5) is 39.0. The minimum atomic E-state index is -0.773. The van der Waals surface area contributed by atoms with Gasteiger partial charge in [0.25, 0.3) is 11.8 Å². The number of nitrogens with zero attached hydrogens (tertiary/aromatic N) is 2. The van der Waals surface area contributed by atoms with E-state index in [0.29, 0.717) is 10.7 Å². The molecule has 2 N–H and O–H groups in total. The van der Waals surface area contributed by atoms with Crippen LogP contribution in [0.5, 0.6) is 0 Å². The number of pyridine rings is 1. The minimum Gasteiger partial charge on any atom is -0.454 e. The summed E-state index contributed by atoms with van der Waals surface area (Å²) >= 11 is 5.76. The molecule has 0 saturated carbocycles. The van der Waals surface area contributed by atoms with Gasteiger partial charge in [-0.15, -0.1) is 0 Å². The van der Waals surface area contributed by atoms with Crippen molar-refractivity contribution in [1.82, 2.24) is 10.3 Å². The number of hydrogen-bond acceptors (Lipinski definition) is 6. The first kappa shape index (κ1) is 19.9. The van der Waals surface area contributed by atoms with Crippen LogP contribution in [0.15, 0.2) is 42.6 Å². The molecule has 0 atom stereocenters. The number of ether oxygens (including phenoxy) is 1. The summed E-state index contributed by atoms with van der Waals surface area (Å²) in [7, 11) is 0. The number of aromatic nitrogens is 1. The number of carbonyl (C=O) groups excluding carboxylic acids is 3. The second-order valence-corrected chi connectivity index (χ2v) is 5.72. The quantitative estimate of drug-likeness (QED) is 0.699. The van der Waals surface area contributed by atoms with Gasteiger partial charge in [0.2, 0.25) is 0 Å². The SMILES string of the molecule is N#CCc1ccc(NC(=O)COC(=O)CNC(=O)c2cc(Cl)ccn2)cc1. The topological polar surface area (TPSA) is 121 Å². The smallest absolute Gasteiger partial charge is 0.325 e. The van der Waals surface area contributed by atoms with E-state index in [0.717, 1.165) is 5.56 Å². The molecule has 0 unspecified atom stereocenters. The first-order valence-corrected chi connectivity index (χ1v) is 8.17. The number of nitriles is 1. The molecule has 1 aromatic heterocycles. The summed E-state index contributed by atoms with van der Waals surface area (Å²) < 4.78 is 4.79. The molecule has 0 aliphatic rings. The molecule has 2 aromatic rings. The van der Waals surface area contributed by atoms with E-state index in [4.69, 9.17) is 21.6 Å². The molecule has 0 aliphatic carbocycles. The minimum absolute atomic E-state index is 0.0629. The maximum absolute atomic E-state index is 11.8. The van der Waals surface area contributed by atoms with Gasteiger partial charge in [-0.3, -0.25) is 19.4 Å². The van der Waals surface area contributed by atoms with Crippen LogP contribution >= 0.6 is 11.6 Å². The number of esters is 1. The molecule has 0 aliphatic heterocycles. The van der Waals surface area contributed by atoms with Gasteiger partial charge >= 0.3 is 5.97 Å². The van der Waals surface area contributed by atoms with Gasteiger partial charge in [0.1, 0.15) is 12.2 Å². The van der Waals surface area contributed by atoms with E-state index in [1.54, 1.807) is 24.3 Å². The van der Waals surface area contributed by atoms with Crippen LogP contribution in [-0.4, -0.2) is 35.9 Å². The van der Waals surface area contributed by atoms with Gasteiger partial charge in [0, 0.05) is 16.9 Å². The lowest BCUT2D eigenvalue weighted by Gasteiger charge is -2.08. The third kappa shape index (κ3) is 6.76. The number of amides is 2. The van der Waals surface area contributed by atoms with Gasteiger partial charge in [-0.1, -0.05) is 23.7 Å². The van der Waals surface area contributed by atoms with Crippen LogP contribution in [0.3, 0.4) is 0 Å². The van der Waals surface area contributed by atoms with Crippen molar-refractivity contribution >= 4 is 35.1 Å². The van der Waals surface area contributed by atoms with Gasteiger partial charge in [0.05, 0.1) is 12.5 Å². The molecule has 2 amide bonds. The van der Waals surface area contributed by atoms with Crippen molar-refractivity contribution in [2.45, 2.75) is 6.42 Å². The van der Waals surface area contributed by atoms with E-state index >= 15 is 0 Å². The fourth-order valence-electron chi connectivity index (χ4n) is 1.96. The second kappa shape index (κ2) is 9.89. The molecule has 2 rings (SSSR count). The van der Waals surface area contributed by atoms with Crippen LogP contribution < -0.4 is 10.6 Å². The molecule has 1 heterocycles. The summed E-state index contributed by atoms with van der Waals surface area (Å²) in [5.41, 5.74) is 1.40. The lowest BCUT2D eigenvalue weighted by Crippen LogP contribution is -2.32. The van der Waals surface area contributed by atoms with E-state index in [9.17, 15) is 14.4 Å². The molecule has 0 spiro atoms. The van der Waals surface area contributed by atoms with Crippen molar-refractivity contribution in [1.29, 1.82) is 5.26 Å². The van der Waals surface area contributed by atoms with Crippen LogP contribution in [0.4, 0.5) is 5.69 Å². The largest absolute Gasteiger partial charge is 0.454 e. The predicted octanol–water partition coefficient (Wildman–Crippen LogP) is 1.71. The fourth-order valence-corrected chi connectivity index (χ4v) is 2.12. The number of hydrogen-bond donors (Lipinski definition) is 2. The summed E-state index contributed by atoms with van der Waals surface area (Å²) in [6, 6.07) is 11.6. The van der Waals surface area contributed by atoms with Crippen LogP contribution in [0.25, 0.3) is 0 Å². The van der Waals surface area contributed by atoms with Gasteiger partial charge in [-0.25, -0.2) is 0 Å². The lowest BCUT2D eigenvalue weighted by molar-refractivity contribution is -0.146. The Kier molecular flexibility index (Phi) is 7.28. The first-order valence-electron chi connectivity index (χ1n) is 7.79. The summed E-state index contributed by atoms with van der Waals surface area (Å²) in [6.45, 7) is -0.909.